The highest BCUT2D eigenvalue weighted by Gasteiger charge is 2.14. The molecule has 1 aromatic carbocycles. The highest BCUT2D eigenvalue weighted by molar-refractivity contribution is 7.98. The number of carboxylic acids is 1. The minimum Gasteiger partial charge on any atom is -0.491 e. The van der Waals surface area contributed by atoms with Crippen molar-refractivity contribution < 1.29 is 24.2 Å². The molecule has 158 valence electrons. The minimum atomic E-state index is -0.812. The van der Waals surface area contributed by atoms with Crippen molar-refractivity contribution in [3.63, 3.8) is 0 Å². The Balaban J connectivity index is 2.04. The summed E-state index contributed by atoms with van der Waals surface area (Å²) in [5.74, 6) is 1.15. The van der Waals surface area contributed by atoms with Crippen molar-refractivity contribution in [3.8, 4) is 11.5 Å². The van der Waals surface area contributed by atoms with E-state index < -0.39 is 5.97 Å². The number of nitrogens with zero attached hydrogens (tertiary/aromatic N) is 1. The molecule has 29 heavy (non-hydrogen) atoms. The van der Waals surface area contributed by atoms with Crippen LogP contribution in [0.5, 0.6) is 11.5 Å². The Morgan fingerprint density at radius 3 is 2.31 bits per heavy atom. The second-order valence-electron chi connectivity index (χ2n) is 6.82. The van der Waals surface area contributed by atoms with Crippen molar-refractivity contribution in [2.75, 3.05) is 11.1 Å². The van der Waals surface area contributed by atoms with Gasteiger partial charge in [0.25, 0.3) is 5.91 Å². The summed E-state index contributed by atoms with van der Waals surface area (Å²) in [5.41, 5.74) is 1.23. The predicted octanol–water partition coefficient (Wildman–Crippen LogP) is 4.68. The summed E-state index contributed by atoms with van der Waals surface area (Å²) in [6.07, 6.45) is 0.0641. The number of aromatic nitrogens is 1. The first-order valence-corrected chi connectivity index (χ1v) is 11.3. The Hall–Kier alpha value is -2.26. The highest BCUT2D eigenvalue weighted by Crippen LogP contribution is 2.26. The third-order valence-electron chi connectivity index (χ3n) is 3.37. The van der Waals surface area contributed by atoms with Gasteiger partial charge in [0.05, 0.1) is 24.3 Å². The summed E-state index contributed by atoms with van der Waals surface area (Å²) >= 11 is 2.83. The number of rotatable bonds is 11. The van der Waals surface area contributed by atoms with Gasteiger partial charge in [0.2, 0.25) is 0 Å². The van der Waals surface area contributed by atoms with Crippen LogP contribution in [-0.4, -0.2) is 39.9 Å². The summed E-state index contributed by atoms with van der Waals surface area (Å²) < 4.78 is 11.5. The van der Waals surface area contributed by atoms with Crippen LogP contribution in [0.3, 0.4) is 0 Å². The number of amides is 1. The fourth-order valence-corrected chi connectivity index (χ4v) is 3.95. The van der Waals surface area contributed by atoms with Gasteiger partial charge in [-0.1, -0.05) is 0 Å². The average Bonchev–Trinajstić information content (AvgIpc) is 3.04. The monoisotopic (exact) mass is 438 g/mol. The number of ether oxygens (including phenoxy) is 2. The zero-order valence-corrected chi connectivity index (χ0v) is 18.6. The molecule has 0 atom stereocenters. The van der Waals surface area contributed by atoms with Gasteiger partial charge in [-0.2, -0.15) is 11.8 Å². The molecule has 0 spiro atoms. The molecule has 0 saturated carbocycles. The van der Waals surface area contributed by atoms with E-state index in [1.54, 1.807) is 18.2 Å². The van der Waals surface area contributed by atoms with E-state index >= 15 is 0 Å². The third kappa shape index (κ3) is 8.33. The molecule has 1 amide bonds. The lowest BCUT2D eigenvalue weighted by Crippen LogP contribution is -2.14. The van der Waals surface area contributed by atoms with Crippen LogP contribution in [0.2, 0.25) is 0 Å². The fourth-order valence-electron chi connectivity index (χ4n) is 2.32. The number of thioether (sulfide) groups is 1. The first kappa shape index (κ1) is 23.0. The Morgan fingerprint density at radius 2 is 1.76 bits per heavy atom. The van der Waals surface area contributed by atoms with Gasteiger partial charge in [0.1, 0.15) is 11.5 Å². The molecular formula is C20H26N2O5S2. The van der Waals surface area contributed by atoms with Gasteiger partial charge in [0, 0.05) is 28.5 Å². The van der Waals surface area contributed by atoms with Gasteiger partial charge < -0.3 is 14.6 Å². The van der Waals surface area contributed by atoms with Crippen molar-refractivity contribution in [2.45, 2.75) is 52.1 Å². The highest BCUT2D eigenvalue weighted by atomic mass is 32.2. The molecule has 0 fully saturated rings. The van der Waals surface area contributed by atoms with Crippen LogP contribution in [0.15, 0.2) is 23.6 Å². The largest absolute Gasteiger partial charge is 0.491 e. The average molecular weight is 439 g/mol. The van der Waals surface area contributed by atoms with Crippen molar-refractivity contribution in [3.05, 3.63) is 34.8 Å². The van der Waals surface area contributed by atoms with Crippen molar-refractivity contribution in [2.24, 2.45) is 0 Å². The smallest absolute Gasteiger partial charge is 0.304 e. The molecule has 0 aliphatic carbocycles. The zero-order valence-electron chi connectivity index (χ0n) is 16.9. The van der Waals surface area contributed by atoms with Crippen LogP contribution >= 0.6 is 23.1 Å². The molecule has 0 saturated heterocycles. The summed E-state index contributed by atoms with van der Waals surface area (Å²) in [4.78, 5) is 27.6. The predicted molar refractivity (Wildman–Crippen MR) is 116 cm³/mol. The number of hydrogen-bond acceptors (Lipinski definition) is 7. The van der Waals surface area contributed by atoms with Gasteiger partial charge in [-0.25, -0.2) is 4.98 Å². The van der Waals surface area contributed by atoms with Crippen molar-refractivity contribution in [1.82, 2.24) is 4.98 Å². The van der Waals surface area contributed by atoms with Gasteiger partial charge in [-0.05, 0) is 39.8 Å². The lowest BCUT2D eigenvalue weighted by Gasteiger charge is -2.15. The molecule has 7 nitrogen and oxygen atoms in total. The molecule has 2 rings (SSSR count). The first-order chi connectivity index (χ1) is 13.7. The summed E-state index contributed by atoms with van der Waals surface area (Å²) in [5, 5.41) is 13.8. The van der Waals surface area contributed by atoms with Crippen molar-refractivity contribution in [1.29, 1.82) is 0 Å². The summed E-state index contributed by atoms with van der Waals surface area (Å²) in [7, 11) is 0. The molecule has 1 aromatic heterocycles. The molecule has 0 aliphatic heterocycles. The van der Waals surface area contributed by atoms with Crippen LogP contribution in [0.25, 0.3) is 0 Å². The standard InChI is InChI=1S/C20H26N2O5S2/c1-12(2)26-16-7-14(8-17(9-16)27-13(3)4)19(25)22-20-21-15(11-29-20)10-28-6-5-18(23)24/h7-9,11-13H,5-6,10H2,1-4H3,(H,23,24)(H,21,22,25). The van der Waals surface area contributed by atoms with E-state index in [0.29, 0.717) is 33.7 Å². The normalized spacial score (nSPS) is 11.0. The lowest BCUT2D eigenvalue weighted by atomic mass is 10.2. The van der Waals surface area contributed by atoms with Gasteiger partial charge in [-0.3, -0.25) is 14.9 Å². The molecule has 0 radical (unpaired) electrons. The van der Waals surface area contributed by atoms with E-state index in [-0.39, 0.29) is 24.5 Å². The number of carbonyl (C=O) groups excluding carboxylic acids is 1. The number of benzene rings is 1. The Kier molecular flexibility index (Phi) is 8.78. The molecule has 1 heterocycles. The summed E-state index contributed by atoms with van der Waals surface area (Å²) in [6.45, 7) is 7.67. The summed E-state index contributed by atoms with van der Waals surface area (Å²) in [6, 6.07) is 5.13. The minimum absolute atomic E-state index is 0.0274. The van der Waals surface area contributed by atoms with Crippen LogP contribution < -0.4 is 14.8 Å². The fraction of sp³-hybridized carbons (Fsp3) is 0.450. The van der Waals surface area contributed by atoms with Crippen LogP contribution in [-0.2, 0) is 10.5 Å². The molecular weight excluding hydrogens is 412 g/mol. The van der Waals surface area contributed by atoms with E-state index in [2.05, 4.69) is 10.3 Å². The Morgan fingerprint density at radius 1 is 1.14 bits per heavy atom. The molecule has 0 bridgehead atoms. The van der Waals surface area contributed by atoms with Crippen LogP contribution in [0.4, 0.5) is 5.13 Å². The van der Waals surface area contributed by atoms with Crippen LogP contribution in [0.1, 0.15) is 50.2 Å². The van der Waals surface area contributed by atoms with Crippen molar-refractivity contribution >= 4 is 40.1 Å². The number of thiazole rings is 1. The van der Waals surface area contributed by atoms with E-state index in [9.17, 15) is 9.59 Å². The maximum atomic E-state index is 12.7. The lowest BCUT2D eigenvalue weighted by molar-refractivity contribution is -0.136. The third-order valence-corrected chi connectivity index (χ3v) is 5.17. The topological polar surface area (TPSA) is 97.8 Å². The molecule has 0 unspecified atom stereocenters. The van der Waals surface area contributed by atoms with E-state index in [1.807, 2.05) is 33.1 Å². The van der Waals surface area contributed by atoms with Gasteiger partial charge in [-0.15, -0.1) is 11.3 Å². The number of carbonyl (C=O) groups is 2. The van der Waals surface area contributed by atoms with Gasteiger partial charge in [0.15, 0.2) is 5.13 Å². The van der Waals surface area contributed by atoms with Gasteiger partial charge >= 0.3 is 5.97 Å². The molecule has 2 N–H and O–H groups in total. The number of anilines is 1. The second-order valence-corrected chi connectivity index (χ2v) is 8.78. The molecule has 9 heteroatoms. The maximum absolute atomic E-state index is 12.7. The van der Waals surface area contributed by atoms with E-state index in [4.69, 9.17) is 14.6 Å². The first-order valence-electron chi connectivity index (χ1n) is 9.26. The number of aliphatic carboxylic acids is 1. The number of carboxylic acid groups (broad SMARTS) is 1. The van der Waals surface area contributed by atoms with Crippen LogP contribution in [0, 0.1) is 0 Å². The van der Waals surface area contributed by atoms with E-state index in [0.717, 1.165) is 5.69 Å². The number of nitrogens with one attached hydrogen (secondary N) is 1. The van der Waals surface area contributed by atoms with E-state index in [1.165, 1.54) is 23.1 Å². The molecule has 2 aromatic rings. The number of hydrogen-bond donors (Lipinski definition) is 2. The molecule has 0 aliphatic rings. The Bertz CT molecular complexity index is 808. The second kappa shape index (κ2) is 11.1. The maximum Gasteiger partial charge on any atom is 0.304 e. The Labute approximate surface area is 178 Å². The quantitative estimate of drug-likeness (QED) is 0.492. The zero-order chi connectivity index (χ0) is 21.4. The SMILES string of the molecule is CC(C)Oc1cc(OC(C)C)cc(C(=O)Nc2nc(CSCCC(=O)O)cs2)c1.